The molecule has 22 aromatic carbocycles. The molecular weight excluding hydrogens is 1880 g/mol. The molecule has 0 bridgehead atoms. The second-order valence-electron chi connectivity index (χ2n) is 33.4. The average Bonchev–Trinajstić information content (AvgIpc) is 0.785. The first-order valence-corrected chi connectivity index (χ1v) is 48.9. The van der Waals surface area contributed by atoms with Gasteiger partial charge in [-0.1, -0.05) is 501 Å². The normalized spacial score (nSPS) is 11.0. The molecule has 0 spiro atoms. The maximum Gasteiger partial charge on any atom is 0.0619 e. The summed E-state index contributed by atoms with van der Waals surface area (Å²) in [5, 5.41) is 13.0. The Kier molecular flexibility index (Phi) is 31.2. The van der Waals surface area contributed by atoms with Crippen LogP contribution in [0.15, 0.2) is 547 Å². The van der Waals surface area contributed by atoms with Crippen LogP contribution in [0.3, 0.4) is 0 Å². The summed E-state index contributed by atoms with van der Waals surface area (Å²) in [6, 6.07) is 187. The topological polar surface area (TPSA) is 44.5 Å². The van der Waals surface area contributed by atoms with Crippen molar-refractivity contribution in [3.63, 3.8) is 0 Å². The molecule has 0 saturated carbocycles. The van der Waals surface area contributed by atoms with E-state index in [0.29, 0.717) is 0 Å². The third-order valence-corrected chi connectivity index (χ3v) is 26.3. The van der Waals surface area contributed by atoms with Crippen LogP contribution in [0.4, 0.5) is 51.2 Å². The highest BCUT2D eigenvalue weighted by atomic mass is 79.9. The van der Waals surface area contributed by atoms with Crippen LogP contribution in [0.5, 0.6) is 0 Å². The molecule has 0 saturated heterocycles. The van der Waals surface area contributed by atoms with Gasteiger partial charge in [-0.3, -0.25) is 0 Å². The van der Waals surface area contributed by atoms with Gasteiger partial charge < -0.3 is 20.9 Å². The van der Waals surface area contributed by atoms with Crippen molar-refractivity contribution in [2.24, 2.45) is 0 Å². The van der Waals surface area contributed by atoms with Gasteiger partial charge in [-0.25, -0.2) is 0 Å². The molecular formula is C132H101Br3N4. The highest BCUT2D eigenvalue weighted by Gasteiger charge is 2.26. The minimum atomic E-state index is 0. The summed E-state index contributed by atoms with van der Waals surface area (Å²) in [5.74, 6) is 0. The summed E-state index contributed by atoms with van der Waals surface area (Å²) >= 11 is 10.8. The maximum atomic E-state index is 5.61. The predicted molar refractivity (Wildman–Crippen MR) is 614 cm³/mol. The van der Waals surface area contributed by atoms with Gasteiger partial charge in [0.2, 0.25) is 0 Å². The minimum Gasteiger partial charge on any atom is -0.399 e. The lowest BCUT2D eigenvalue weighted by molar-refractivity contribution is 1.29. The van der Waals surface area contributed by atoms with Crippen molar-refractivity contribution in [2.45, 2.75) is 0 Å². The van der Waals surface area contributed by atoms with Crippen LogP contribution in [-0.2, 0) is 0 Å². The molecule has 0 aromatic heterocycles. The molecule has 0 aliphatic rings. The zero-order valence-electron chi connectivity index (χ0n) is 76.5. The monoisotopic (exact) mass is 1980 g/mol. The van der Waals surface area contributed by atoms with Gasteiger partial charge in [0.1, 0.15) is 0 Å². The van der Waals surface area contributed by atoms with Gasteiger partial charge in [-0.15, -0.1) is 0 Å². The second-order valence-corrected chi connectivity index (χ2v) is 35.9. The maximum absolute atomic E-state index is 5.61. The van der Waals surface area contributed by atoms with Crippen molar-refractivity contribution in [2.75, 3.05) is 20.9 Å². The molecule has 22 rings (SSSR count). The smallest absolute Gasteiger partial charge is 0.0619 e. The Hall–Kier alpha value is -16.5. The van der Waals surface area contributed by atoms with E-state index in [0.717, 1.165) is 93.9 Å². The molecule has 670 valence electrons. The number of halogens is 3. The van der Waals surface area contributed by atoms with Gasteiger partial charge in [-0.05, 0) is 239 Å². The zero-order chi connectivity index (χ0) is 94.5. The Morgan fingerprint density at radius 1 is 0.173 bits per heavy atom. The molecule has 22 aromatic rings. The average molecular weight is 1990 g/mol. The number of nitrogens with two attached hydrogens (primary N) is 1. The molecule has 4 nitrogen and oxygen atoms in total. The molecule has 0 radical (unpaired) electrons. The molecule has 0 aliphatic carbocycles. The minimum absolute atomic E-state index is 0. The van der Waals surface area contributed by atoms with Gasteiger partial charge in [0, 0.05) is 76.2 Å². The Labute approximate surface area is 842 Å². The Bertz CT molecular complexity index is 7450. The van der Waals surface area contributed by atoms with Crippen molar-refractivity contribution >= 4 is 191 Å². The fourth-order valence-electron chi connectivity index (χ4n) is 16.9. The van der Waals surface area contributed by atoms with Crippen LogP contribution in [0.25, 0.3) is 136 Å². The van der Waals surface area contributed by atoms with Gasteiger partial charge in [-0.2, -0.15) is 0 Å². The number of hydrogen-bond acceptors (Lipinski definition) is 4. The first kappa shape index (κ1) is 92.9. The number of hydrogen-bond donors (Lipinski definition) is 2. The lowest BCUT2D eigenvalue weighted by atomic mass is 9.95. The highest BCUT2D eigenvalue weighted by Crippen LogP contribution is 2.52. The van der Waals surface area contributed by atoms with Crippen LogP contribution in [0, 0.1) is 0 Å². The second kappa shape index (κ2) is 46.6. The summed E-state index contributed by atoms with van der Waals surface area (Å²) in [5.41, 5.74) is 34.2. The Balaban J connectivity index is 0.000000150. The number of nitrogen functional groups attached to an aromatic ring is 1. The van der Waals surface area contributed by atoms with Crippen LogP contribution in [-0.4, -0.2) is 0 Å². The van der Waals surface area contributed by atoms with Gasteiger partial charge in [0.25, 0.3) is 0 Å². The quantitative estimate of drug-likeness (QED) is 0.0345. The molecule has 7 heteroatoms. The highest BCUT2D eigenvalue weighted by molar-refractivity contribution is 9.11. The van der Waals surface area contributed by atoms with Crippen molar-refractivity contribution in [3.8, 4) is 44.5 Å². The summed E-state index contributed by atoms with van der Waals surface area (Å²) in [4.78, 5) is 4.89. The lowest BCUT2D eigenvalue weighted by Crippen LogP contribution is -2.14. The number of benzene rings is 22. The molecule has 139 heavy (non-hydrogen) atoms. The van der Waals surface area contributed by atoms with E-state index >= 15 is 0 Å². The fourth-order valence-corrected chi connectivity index (χ4v) is 18.5. The van der Waals surface area contributed by atoms with Crippen LogP contribution in [0.1, 0.15) is 45.9 Å². The largest absolute Gasteiger partial charge is 0.399 e. The summed E-state index contributed by atoms with van der Waals surface area (Å²) in [6.45, 7) is 0. The predicted octanol–water partition coefficient (Wildman–Crippen LogP) is 39.2. The van der Waals surface area contributed by atoms with Gasteiger partial charge in [0.05, 0.1) is 11.4 Å². The van der Waals surface area contributed by atoms with E-state index in [1.165, 1.54) is 103 Å². The standard InChI is InChI=1S/C66H48N2.C26H21N.C14H8Br2.C14H13N.C12H9Br.H2/c1-5-17-49(18-6-1)29-31-51-33-41-57(42-34-51)67(59-45-37-55(38-46-59)53-21-9-3-10-22-53)65-61-25-13-15-27-63(61)66(64-28-16-14-26-62(64)65)68(60-47-39-56(40-48-60)54-23-11-4-12-24-54)58-43-35-52(36-44-58)32-30-50-19-7-2-8-20-50;1-3-7-21(8-4-1)11-12-22-13-17-25(18-14-22)27-26-19-15-24(16-20-26)23-9-5-2-6-10-23;15-13-9-5-1-2-6-10(9)14(16)12-8-4-3-7-11(12)13;15-14-10-8-13(9-11-14)7-6-12-4-2-1-3-5-12;13-12-8-6-11(7-9-12)10-4-2-1-3-5-10;/h1-48H;1-20,27H;1-8H;1-11H,15H2;1-9H;1H/b31-29+,32-30+;12-11+;;7-6+;;/i;;;;;1+2. The first-order chi connectivity index (χ1) is 68.6. The molecule has 0 unspecified atom stereocenters. The molecule has 0 heterocycles. The van der Waals surface area contributed by atoms with Crippen molar-refractivity contribution in [1.82, 2.24) is 0 Å². The van der Waals surface area contributed by atoms with E-state index in [4.69, 9.17) is 5.73 Å². The van der Waals surface area contributed by atoms with Gasteiger partial charge >= 0.3 is 0 Å². The number of rotatable bonds is 20. The van der Waals surface area contributed by atoms with Gasteiger partial charge in [0.15, 0.2) is 0 Å². The zero-order valence-corrected chi connectivity index (χ0v) is 81.3. The van der Waals surface area contributed by atoms with E-state index in [1.54, 1.807) is 0 Å². The van der Waals surface area contributed by atoms with E-state index < -0.39 is 0 Å². The van der Waals surface area contributed by atoms with Crippen molar-refractivity contribution < 1.29 is 1.43 Å². The van der Waals surface area contributed by atoms with Crippen molar-refractivity contribution in [1.29, 1.82) is 0 Å². The van der Waals surface area contributed by atoms with Crippen LogP contribution < -0.4 is 20.9 Å². The Morgan fingerprint density at radius 3 is 0.597 bits per heavy atom. The molecule has 0 atom stereocenters. The summed E-state index contributed by atoms with van der Waals surface area (Å²) < 4.78 is 3.45. The van der Waals surface area contributed by atoms with E-state index in [2.05, 4.69) is 585 Å². The first-order valence-electron chi connectivity index (χ1n) is 46.5. The number of fused-ring (bicyclic) bond motifs is 4. The molecule has 0 aliphatic heterocycles. The molecule has 0 fully saturated rings. The van der Waals surface area contributed by atoms with Crippen molar-refractivity contribution in [3.05, 3.63) is 592 Å². The third-order valence-electron chi connectivity index (χ3n) is 24.0. The van der Waals surface area contributed by atoms with E-state index in [-0.39, 0.29) is 1.43 Å². The Morgan fingerprint density at radius 2 is 0.345 bits per heavy atom. The van der Waals surface area contributed by atoms with Crippen LogP contribution in [0.2, 0.25) is 0 Å². The fraction of sp³-hybridized carbons (Fsp3) is 0. The van der Waals surface area contributed by atoms with Crippen LogP contribution >= 0.6 is 47.8 Å². The number of nitrogens with one attached hydrogen (secondary N) is 1. The van der Waals surface area contributed by atoms with E-state index in [1.807, 2.05) is 60.7 Å². The number of anilines is 9. The molecule has 0 amide bonds. The third kappa shape index (κ3) is 24.2. The molecule has 3 N–H and O–H groups in total. The lowest BCUT2D eigenvalue weighted by Gasteiger charge is -2.33. The number of nitrogens with zero attached hydrogens (tertiary/aromatic N) is 2. The van der Waals surface area contributed by atoms with E-state index in [9.17, 15) is 0 Å². The SMILES string of the molecule is Brc1c2ccccc2c(Br)c2ccccc12.Brc1ccc(-c2ccccc2)cc1.C(=C\c1ccc(N(c2ccc(-c3ccccc3)cc2)c2c3ccccc3c(N(c3ccc(/C=C/c4ccccc4)cc3)c3ccc(-c4ccccc4)cc3)c3ccccc23)cc1)/c1ccccc1.C(=C\c1ccc(Nc2ccc(-c3ccccc3)cc2)cc1)/c1ccccc1.Nc1ccc(/C=C/c2ccccc2)cc1.[3HH]. The summed E-state index contributed by atoms with van der Waals surface area (Å²) in [7, 11) is 0. The summed E-state index contributed by atoms with van der Waals surface area (Å²) in [6.07, 6.45) is 17.1.